The summed E-state index contributed by atoms with van der Waals surface area (Å²) in [5, 5.41) is 17.2. The fourth-order valence-electron chi connectivity index (χ4n) is 2.09. The number of aliphatic hydroxyl groups excluding tert-OH is 1. The summed E-state index contributed by atoms with van der Waals surface area (Å²) in [5.41, 5.74) is 6.40. The summed E-state index contributed by atoms with van der Waals surface area (Å²) in [6, 6.07) is 5.63. The molecule has 0 radical (unpaired) electrons. The van der Waals surface area contributed by atoms with E-state index in [1.165, 1.54) is 0 Å². The van der Waals surface area contributed by atoms with Crippen molar-refractivity contribution in [1.82, 2.24) is 19.7 Å². The molecule has 0 spiro atoms. The van der Waals surface area contributed by atoms with Crippen molar-refractivity contribution in [2.24, 2.45) is 5.92 Å². The summed E-state index contributed by atoms with van der Waals surface area (Å²) < 4.78 is 1.97. The number of anilines is 1. The van der Waals surface area contributed by atoms with Gasteiger partial charge >= 0.3 is 0 Å². The lowest BCUT2D eigenvalue weighted by molar-refractivity contribution is 0.216. The summed E-state index contributed by atoms with van der Waals surface area (Å²) >= 11 is 0. The van der Waals surface area contributed by atoms with Crippen LogP contribution in [0.15, 0.2) is 24.5 Å². The highest BCUT2D eigenvalue weighted by atomic mass is 16.3. The van der Waals surface area contributed by atoms with Gasteiger partial charge in [0.1, 0.15) is 17.8 Å². The number of nitrogen functional groups attached to an aromatic ring is 1. The standard InChI is InChI=1S/C13H19N5O/c1-9(7-19)6-10(2)18-8-15-17-13(18)11-4-3-5-12(14)16-11/h3-5,8-10,19H,6-7H2,1-2H3,(H2,14,16)/t9-,10+/m1/s1. The number of aliphatic hydroxyl groups is 1. The van der Waals surface area contributed by atoms with E-state index < -0.39 is 0 Å². The normalized spacial score (nSPS) is 14.3. The van der Waals surface area contributed by atoms with E-state index in [0.717, 1.165) is 6.42 Å². The Hall–Kier alpha value is -1.95. The Labute approximate surface area is 112 Å². The Morgan fingerprint density at radius 3 is 2.84 bits per heavy atom. The molecule has 102 valence electrons. The van der Waals surface area contributed by atoms with Gasteiger partial charge in [0.15, 0.2) is 5.82 Å². The van der Waals surface area contributed by atoms with Crippen LogP contribution in [-0.4, -0.2) is 31.5 Å². The molecule has 19 heavy (non-hydrogen) atoms. The molecule has 0 saturated heterocycles. The maximum absolute atomic E-state index is 9.13. The maximum Gasteiger partial charge on any atom is 0.182 e. The minimum atomic E-state index is 0.179. The summed E-state index contributed by atoms with van der Waals surface area (Å²) in [6.07, 6.45) is 2.54. The molecule has 2 aromatic heterocycles. The molecule has 6 nitrogen and oxygen atoms in total. The van der Waals surface area contributed by atoms with Crippen LogP contribution in [0.5, 0.6) is 0 Å². The second kappa shape index (κ2) is 5.79. The van der Waals surface area contributed by atoms with Gasteiger partial charge in [-0.05, 0) is 31.4 Å². The third-order valence-electron chi connectivity index (χ3n) is 3.10. The third-order valence-corrected chi connectivity index (χ3v) is 3.10. The zero-order valence-corrected chi connectivity index (χ0v) is 11.2. The Bertz CT molecular complexity index is 539. The van der Waals surface area contributed by atoms with Crippen molar-refractivity contribution in [1.29, 1.82) is 0 Å². The van der Waals surface area contributed by atoms with E-state index in [4.69, 9.17) is 10.8 Å². The summed E-state index contributed by atoms with van der Waals surface area (Å²) in [5.74, 6) is 1.40. The van der Waals surface area contributed by atoms with Crippen LogP contribution in [-0.2, 0) is 0 Å². The first-order valence-corrected chi connectivity index (χ1v) is 6.35. The lowest BCUT2D eigenvalue weighted by atomic mass is 10.0. The Balaban J connectivity index is 2.27. The Morgan fingerprint density at radius 2 is 2.16 bits per heavy atom. The SMILES string of the molecule is C[C@@H](CO)C[C@H](C)n1cnnc1-c1cccc(N)n1. The molecule has 2 rings (SSSR count). The van der Waals surface area contributed by atoms with E-state index in [2.05, 4.69) is 22.1 Å². The first-order chi connectivity index (χ1) is 9.11. The first-order valence-electron chi connectivity index (χ1n) is 6.35. The van der Waals surface area contributed by atoms with Gasteiger partial charge in [0, 0.05) is 12.6 Å². The summed E-state index contributed by atoms with van der Waals surface area (Å²) in [6.45, 7) is 4.27. The monoisotopic (exact) mass is 261 g/mol. The highest BCUT2D eigenvalue weighted by Crippen LogP contribution is 2.23. The van der Waals surface area contributed by atoms with Gasteiger partial charge in [-0.3, -0.25) is 0 Å². The zero-order chi connectivity index (χ0) is 13.8. The van der Waals surface area contributed by atoms with Crippen LogP contribution < -0.4 is 5.73 Å². The average molecular weight is 261 g/mol. The molecule has 6 heteroatoms. The topological polar surface area (TPSA) is 89.8 Å². The van der Waals surface area contributed by atoms with E-state index in [1.54, 1.807) is 12.4 Å². The molecular formula is C13H19N5O. The van der Waals surface area contributed by atoms with Gasteiger partial charge in [0.2, 0.25) is 0 Å². The lowest BCUT2D eigenvalue weighted by Crippen LogP contribution is -2.12. The van der Waals surface area contributed by atoms with Crippen LogP contribution in [0.3, 0.4) is 0 Å². The number of nitrogens with zero attached hydrogens (tertiary/aromatic N) is 4. The molecule has 0 aromatic carbocycles. The van der Waals surface area contributed by atoms with Crippen molar-refractivity contribution < 1.29 is 5.11 Å². The number of hydrogen-bond donors (Lipinski definition) is 2. The van der Waals surface area contributed by atoms with Gasteiger partial charge in [-0.2, -0.15) is 0 Å². The first kappa shape index (κ1) is 13.5. The van der Waals surface area contributed by atoms with E-state index in [-0.39, 0.29) is 18.6 Å². The number of nitrogens with two attached hydrogens (primary N) is 1. The minimum absolute atomic E-state index is 0.179. The van der Waals surface area contributed by atoms with Gasteiger partial charge in [0.25, 0.3) is 0 Å². The van der Waals surface area contributed by atoms with Crippen molar-refractivity contribution in [2.75, 3.05) is 12.3 Å². The molecule has 0 aliphatic rings. The Morgan fingerprint density at radius 1 is 1.37 bits per heavy atom. The van der Waals surface area contributed by atoms with Crippen LogP contribution in [0.2, 0.25) is 0 Å². The van der Waals surface area contributed by atoms with E-state index >= 15 is 0 Å². The van der Waals surface area contributed by atoms with E-state index in [1.807, 2.05) is 23.6 Å². The molecule has 0 amide bonds. The van der Waals surface area contributed by atoms with Crippen LogP contribution in [0.25, 0.3) is 11.5 Å². The molecular weight excluding hydrogens is 242 g/mol. The maximum atomic E-state index is 9.13. The molecule has 0 fully saturated rings. The molecule has 2 atom stereocenters. The second-order valence-electron chi connectivity index (χ2n) is 4.88. The highest BCUT2D eigenvalue weighted by Gasteiger charge is 2.16. The lowest BCUT2D eigenvalue weighted by Gasteiger charge is -2.18. The molecule has 3 N–H and O–H groups in total. The summed E-state index contributed by atoms with van der Waals surface area (Å²) in [7, 11) is 0. The van der Waals surface area contributed by atoms with Gasteiger partial charge in [0.05, 0.1) is 0 Å². The number of pyridine rings is 1. The van der Waals surface area contributed by atoms with E-state index in [0.29, 0.717) is 17.3 Å². The third kappa shape index (κ3) is 3.08. The molecule has 0 bridgehead atoms. The Kier molecular flexibility index (Phi) is 4.11. The fourth-order valence-corrected chi connectivity index (χ4v) is 2.09. The van der Waals surface area contributed by atoms with Crippen LogP contribution in [0.1, 0.15) is 26.3 Å². The van der Waals surface area contributed by atoms with Crippen molar-refractivity contribution in [3.63, 3.8) is 0 Å². The zero-order valence-electron chi connectivity index (χ0n) is 11.2. The second-order valence-corrected chi connectivity index (χ2v) is 4.88. The highest BCUT2D eigenvalue weighted by molar-refractivity contribution is 5.52. The largest absolute Gasteiger partial charge is 0.396 e. The van der Waals surface area contributed by atoms with Crippen molar-refractivity contribution in [2.45, 2.75) is 26.3 Å². The number of rotatable bonds is 5. The van der Waals surface area contributed by atoms with Crippen LogP contribution in [0.4, 0.5) is 5.82 Å². The van der Waals surface area contributed by atoms with Gasteiger partial charge in [-0.25, -0.2) is 4.98 Å². The van der Waals surface area contributed by atoms with Crippen molar-refractivity contribution in [3.8, 4) is 11.5 Å². The van der Waals surface area contributed by atoms with Crippen molar-refractivity contribution in [3.05, 3.63) is 24.5 Å². The van der Waals surface area contributed by atoms with Gasteiger partial charge in [-0.15, -0.1) is 10.2 Å². The van der Waals surface area contributed by atoms with Gasteiger partial charge < -0.3 is 15.4 Å². The number of aromatic nitrogens is 4. The van der Waals surface area contributed by atoms with Crippen LogP contribution >= 0.6 is 0 Å². The molecule has 0 aliphatic carbocycles. The summed E-state index contributed by atoms with van der Waals surface area (Å²) in [4.78, 5) is 4.26. The van der Waals surface area contributed by atoms with E-state index in [9.17, 15) is 0 Å². The molecule has 2 heterocycles. The molecule has 0 unspecified atom stereocenters. The van der Waals surface area contributed by atoms with Crippen LogP contribution in [0, 0.1) is 5.92 Å². The smallest absolute Gasteiger partial charge is 0.182 e. The average Bonchev–Trinajstić information content (AvgIpc) is 2.87. The predicted molar refractivity (Wildman–Crippen MR) is 73.2 cm³/mol. The van der Waals surface area contributed by atoms with Gasteiger partial charge in [-0.1, -0.05) is 13.0 Å². The molecule has 0 saturated carbocycles. The van der Waals surface area contributed by atoms with Crippen molar-refractivity contribution >= 4 is 5.82 Å². The fraction of sp³-hybridized carbons (Fsp3) is 0.462. The predicted octanol–water partition coefficient (Wildman–Crippen LogP) is 1.50. The minimum Gasteiger partial charge on any atom is -0.396 e. The quantitative estimate of drug-likeness (QED) is 0.851. The molecule has 0 aliphatic heterocycles. The molecule has 2 aromatic rings. The number of hydrogen-bond acceptors (Lipinski definition) is 5.